The number of rotatable bonds is 8. The highest BCUT2D eigenvalue weighted by atomic mass is 16.4. The molecule has 2 rings (SSSR count). The lowest BCUT2D eigenvalue weighted by Gasteiger charge is -2.32. The summed E-state index contributed by atoms with van der Waals surface area (Å²) in [6, 6.07) is -3.93. The van der Waals surface area contributed by atoms with Crippen LogP contribution in [0.15, 0.2) is 0 Å². The Bertz CT molecular complexity index is 711. The maximum absolute atomic E-state index is 13.0. The van der Waals surface area contributed by atoms with Crippen molar-refractivity contribution in [1.82, 2.24) is 15.1 Å². The largest absolute Gasteiger partial charge is 0.481 e. The van der Waals surface area contributed by atoms with Gasteiger partial charge in [-0.1, -0.05) is 13.8 Å². The monoisotopic (exact) mass is 426 g/mol. The van der Waals surface area contributed by atoms with Crippen molar-refractivity contribution in [3.8, 4) is 0 Å². The molecule has 2 saturated heterocycles. The first-order valence-corrected chi connectivity index (χ1v) is 10.2. The molecular formula is C19H30N4O7. The van der Waals surface area contributed by atoms with E-state index in [1.165, 1.54) is 9.80 Å². The second kappa shape index (κ2) is 9.88. The molecule has 0 bridgehead atoms. The molecule has 2 aliphatic rings. The van der Waals surface area contributed by atoms with Crippen molar-refractivity contribution in [3.05, 3.63) is 0 Å². The Morgan fingerprint density at radius 3 is 2.00 bits per heavy atom. The molecule has 2 aliphatic heterocycles. The zero-order valence-corrected chi connectivity index (χ0v) is 17.2. The van der Waals surface area contributed by atoms with Gasteiger partial charge in [0.25, 0.3) is 0 Å². The highest BCUT2D eigenvalue weighted by Crippen LogP contribution is 2.22. The average Bonchev–Trinajstić information content (AvgIpc) is 3.33. The fraction of sp³-hybridized carbons (Fsp3) is 0.737. The van der Waals surface area contributed by atoms with Gasteiger partial charge in [-0.25, -0.2) is 4.79 Å². The zero-order chi connectivity index (χ0) is 22.6. The lowest BCUT2D eigenvalue weighted by Crippen LogP contribution is -2.58. The quantitative estimate of drug-likeness (QED) is 0.383. The molecular weight excluding hydrogens is 396 g/mol. The third-order valence-electron chi connectivity index (χ3n) is 5.60. The number of nitrogens with zero attached hydrogens (tertiary/aromatic N) is 2. The van der Waals surface area contributed by atoms with Gasteiger partial charge in [-0.2, -0.15) is 0 Å². The van der Waals surface area contributed by atoms with E-state index in [4.69, 9.17) is 10.8 Å². The molecule has 0 radical (unpaired) electrons. The van der Waals surface area contributed by atoms with Crippen LogP contribution in [0, 0.1) is 5.92 Å². The molecule has 11 nitrogen and oxygen atoms in total. The van der Waals surface area contributed by atoms with Crippen molar-refractivity contribution >= 4 is 29.7 Å². The Kier molecular flexibility index (Phi) is 7.77. The summed E-state index contributed by atoms with van der Waals surface area (Å²) in [5, 5.41) is 20.9. The standard InChI is InChI=1S/C19H30N4O7/c1-10(2)15(18(28)23-8-4-6-13(23)19(29)30)21-16(26)12-5-3-7-22(12)17(27)11(20)9-14(24)25/h10-13,15H,3-9,20H2,1-2H3,(H,21,26)(H,24,25)(H,29,30). The van der Waals surface area contributed by atoms with Gasteiger partial charge in [-0.05, 0) is 31.6 Å². The molecule has 0 spiro atoms. The van der Waals surface area contributed by atoms with E-state index in [9.17, 15) is 29.1 Å². The van der Waals surface area contributed by atoms with E-state index in [-0.39, 0.29) is 12.5 Å². The van der Waals surface area contributed by atoms with E-state index in [1.807, 2.05) is 0 Å². The van der Waals surface area contributed by atoms with Crippen LogP contribution in [0.3, 0.4) is 0 Å². The highest BCUT2D eigenvalue weighted by Gasteiger charge is 2.41. The lowest BCUT2D eigenvalue weighted by atomic mass is 10.0. The number of carboxylic acids is 2. The third kappa shape index (κ3) is 5.26. The minimum atomic E-state index is -1.25. The number of aliphatic carboxylic acids is 2. The van der Waals surface area contributed by atoms with Crippen molar-refractivity contribution < 1.29 is 34.2 Å². The average molecular weight is 426 g/mol. The van der Waals surface area contributed by atoms with Crippen LogP contribution in [0.4, 0.5) is 0 Å². The number of carbonyl (C=O) groups excluding carboxylic acids is 3. The first kappa shape index (κ1) is 23.6. The summed E-state index contributed by atoms with van der Waals surface area (Å²) in [6.07, 6.45) is 1.33. The minimum Gasteiger partial charge on any atom is -0.481 e. The maximum atomic E-state index is 13.0. The van der Waals surface area contributed by atoms with Crippen LogP contribution in [0.1, 0.15) is 46.0 Å². The van der Waals surface area contributed by atoms with Crippen LogP contribution < -0.4 is 11.1 Å². The van der Waals surface area contributed by atoms with Crippen LogP contribution >= 0.6 is 0 Å². The summed E-state index contributed by atoms with van der Waals surface area (Å²) in [5.41, 5.74) is 5.66. The van der Waals surface area contributed by atoms with Crippen LogP contribution in [-0.2, 0) is 24.0 Å². The second-order valence-electron chi connectivity index (χ2n) is 8.15. The van der Waals surface area contributed by atoms with E-state index in [0.29, 0.717) is 32.2 Å². The maximum Gasteiger partial charge on any atom is 0.326 e. The molecule has 11 heteroatoms. The van der Waals surface area contributed by atoms with Gasteiger partial charge in [0.2, 0.25) is 17.7 Å². The van der Waals surface area contributed by atoms with Crippen LogP contribution in [0.25, 0.3) is 0 Å². The van der Waals surface area contributed by atoms with Gasteiger partial charge in [-0.3, -0.25) is 19.2 Å². The van der Waals surface area contributed by atoms with Gasteiger partial charge >= 0.3 is 11.9 Å². The van der Waals surface area contributed by atoms with Crippen LogP contribution in [-0.4, -0.2) is 86.9 Å². The highest BCUT2D eigenvalue weighted by molar-refractivity contribution is 5.95. The molecule has 0 aromatic carbocycles. The number of likely N-dealkylation sites (tertiary alicyclic amines) is 2. The smallest absolute Gasteiger partial charge is 0.326 e. The summed E-state index contributed by atoms with van der Waals surface area (Å²) in [6.45, 7) is 4.08. The molecule has 5 N–H and O–H groups in total. The second-order valence-corrected chi connectivity index (χ2v) is 8.15. The van der Waals surface area contributed by atoms with Crippen molar-refractivity contribution in [2.75, 3.05) is 13.1 Å². The number of nitrogens with two attached hydrogens (primary N) is 1. The summed E-state index contributed by atoms with van der Waals surface area (Å²) < 4.78 is 0. The Labute approximate surface area is 174 Å². The minimum absolute atomic E-state index is 0.276. The summed E-state index contributed by atoms with van der Waals surface area (Å²) in [5.74, 6) is -4.18. The predicted molar refractivity (Wildman–Crippen MR) is 104 cm³/mol. The Morgan fingerprint density at radius 1 is 0.967 bits per heavy atom. The molecule has 3 amide bonds. The fourth-order valence-corrected chi connectivity index (χ4v) is 4.02. The normalized spacial score (nSPS) is 23.3. The molecule has 4 atom stereocenters. The summed E-state index contributed by atoms with van der Waals surface area (Å²) in [4.78, 5) is 63.2. The van der Waals surface area contributed by atoms with E-state index in [0.717, 1.165) is 0 Å². The number of hydrogen-bond acceptors (Lipinski definition) is 6. The van der Waals surface area contributed by atoms with E-state index in [1.54, 1.807) is 13.8 Å². The van der Waals surface area contributed by atoms with Gasteiger partial charge in [0.05, 0.1) is 12.5 Å². The van der Waals surface area contributed by atoms with Crippen molar-refractivity contribution in [3.63, 3.8) is 0 Å². The molecule has 4 unspecified atom stereocenters. The number of carboxylic acid groups (broad SMARTS) is 2. The van der Waals surface area contributed by atoms with E-state index in [2.05, 4.69) is 5.32 Å². The van der Waals surface area contributed by atoms with Crippen molar-refractivity contribution in [2.24, 2.45) is 11.7 Å². The SMILES string of the molecule is CC(C)C(NC(=O)C1CCCN1C(=O)C(N)CC(=O)O)C(=O)N1CCCC1C(=O)O. The Morgan fingerprint density at radius 2 is 1.50 bits per heavy atom. The summed E-state index contributed by atoms with van der Waals surface area (Å²) >= 11 is 0. The van der Waals surface area contributed by atoms with Gasteiger partial charge in [0.15, 0.2) is 0 Å². The molecule has 2 fully saturated rings. The van der Waals surface area contributed by atoms with Gasteiger partial charge < -0.3 is 31.1 Å². The number of amides is 3. The topological polar surface area (TPSA) is 170 Å². The molecule has 2 heterocycles. The summed E-state index contributed by atoms with van der Waals surface area (Å²) in [7, 11) is 0. The molecule has 0 aliphatic carbocycles. The van der Waals surface area contributed by atoms with Crippen molar-refractivity contribution in [1.29, 1.82) is 0 Å². The van der Waals surface area contributed by atoms with Gasteiger partial charge in [0.1, 0.15) is 18.1 Å². The molecule has 30 heavy (non-hydrogen) atoms. The molecule has 0 aromatic heterocycles. The predicted octanol–water partition coefficient (Wildman–Crippen LogP) is -1.00. The van der Waals surface area contributed by atoms with Crippen LogP contribution in [0.5, 0.6) is 0 Å². The fourth-order valence-electron chi connectivity index (χ4n) is 4.02. The molecule has 0 aromatic rings. The molecule has 168 valence electrons. The first-order valence-electron chi connectivity index (χ1n) is 10.2. The van der Waals surface area contributed by atoms with Crippen LogP contribution in [0.2, 0.25) is 0 Å². The Balaban J connectivity index is 2.10. The first-order chi connectivity index (χ1) is 14.0. The third-order valence-corrected chi connectivity index (χ3v) is 5.60. The number of hydrogen-bond donors (Lipinski definition) is 4. The van der Waals surface area contributed by atoms with Gasteiger partial charge in [-0.15, -0.1) is 0 Å². The Hall–Kier alpha value is -2.69. The number of nitrogens with one attached hydrogen (secondary N) is 1. The van der Waals surface area contributed by atoms with Gasteiger partial charge in [0, 0.05) is 13.1 Å². The number of carbonyl (C=O) groups is 5. The van der Waals surface area contributed by atoms with E-state index < -0.39 is 60.2 Å². The van der Waals surface area contributed by atoms with E-state index >= 15 is 0 Å². The lowest BCUT2D eigenvalue weighted by molar-refractivity contribution is -0.150. The zero-order valence-electron chi connectivity index (χ0n) is 17.2. The van der Waals surface area contributed by atoms with Crippen molar-refractivity contribution in [2.45, 2.75) is 70.1 Å². The molecule has 0 saturated carbocycles.